The molecular formula is C19H34N4O2. The van der Waals surface area contributed by atoms with E-state index in [4.69, 9.17) is 4.42 Å². The van der Waals surface area contributed by atoms with Crippen molar-refractivity contribution in [1.82, 2.24) is 15.2 Å². The van der Waals surface area contributed by atoms with Crippen molar-refractivity contribution in [2.24, 2.45) is 0 Å². The van der Waals surface area contributed by atoms with Crippen LogP contribution >= 0.6 is 0 Å². The van der Waals surface area contributed by atoms with Crippen LogP contribution in [0.25, 0.3) is 0 Å². The van der Waals surface area contributed by atoms with Crippen LogP contribution < -0.4 is 10.6 Å². The molecular weight excluding hydrogens is 316 g/mol. The molecule has 0 saturated heterocycles. The summed E-state index contributed by atoms with van der Waals surface area (Å²) >= 11 is 0. The molecule has 0 amide bonds. The van der Waals surface area contributed by atoms with Gasteiger partial charge in [0, 0.05) is 24.8 Å². The van der Waals surface area contributed by atoms with Crippen LogP contribution in [0.1, 0.15) is 53.4 Å². The lowest BCUT2D eigenvalue weighted by molar-refractivity contribution is 0.170. The molecule has 0 aromatic carbocycles. The molecule has 1 rings (SSSR count). The van der Waals surface area contributed by atoms with Crippen molar-refractivity contribution in [2.75, 3.05) is 32.0 Å². The Morgan fingerprint density at radius 3 is 2.56 bits per heavy atom. The third-order valence-electron chi connectivity index (χ3n) is 4.49. The minimum absolute atomic E-state index is 0.402. The van der Waals surface area contributed by atoms with E-state index in [9.17, 15) is 5.11 Å². The van der Waals surface area contributed by atoms with Gasteiger partial charge in [0.1, 0.15) is 6.10 Å². The lowest BCUT2D eigenvalue weighted by Gasteiger charge is -2.26. The number of oxazole rings is 1. The van der Waals surface area contributed by atoms with Gasteiger partial charge in [-0.1, -0.05) is 13.0 Å². The number of allylic oxidation sites excluding steroid dienone is 2. The van der Waals surface area contributed by atoms with Crippen molar-refractivity contribution in [3.05, 3.63) is 34.9 Å². The van der Waals surface area contributed by atoms with E-state index in [0.717, 1.165) is 25.3 Å². The number of rotatable bonds is 10. The second-order valence-electron chi connectivity index (χ2n) is 6.45. The van der Waals surface area contributed by atoms with Crippen LogP contribution in [0, 0.1) is 0 Å². The van der Waals surface area contributed by atoms with Crippen molar-refractivity contribution in [3.8, 4) is 0 Å². The molecule has 2 atom stereocenters. The van der Waals surface area contributed by atoms with Gasteiger partial charge in [-0.3, -0.25) is 4.90 Å². The Bertz CT molecular complexity index is 590. The van der Waals surface area contributed by atoms with Crippen LogP contribution in [0.5, 0.6) is 0 Å². The van der Waals surface area contributed by atoms with E-state index in [-0.39, 0.29) is 0 Å². The highest BCUT2D eigenvalue weighted by Crippen LogP contribution is 2.21. The maximum atomic E-state index is 9.53. The van der Waals surface area contributed by atoms with Gasteiger partial charge in [0.2, 0.25) is 0 Å². The highest BCUT2D eigenvalue weighted by atomic mass is 16.4. The number of aromatic nitrogens is 1. The molecule has 0 spiro atoms. The molecule has 0 fully saturated rings. The van der Waals surface area contributed by atoms with Gasteiger partial charge < -0.3 is 20.2 Å². The Kier molecular flexibility index (Phi) is 8.89. The van der Waals surface area contributed by atoms with Crippen molar-refractivity contribution >= 4 is 6.01 Å². The van der Waals surface area contributed by atoms with Crippen LogP contribution in [-0.4, -0.2) is 47.7 Å². The molecule has 1 heterocycles. The van der Waals surface area contributed by atoms with Crippen LogP contribution in [0.4, 0.5) is 6.01 Å². The van der Waals surface area contributed by atoms with E-state index in [2.05, 4.69) is 54.3 Å². The average molecular weight is 351 g/mol. The summed E-state index contributed by atoms with van der Waals surface area (Å²) in [4.78, 5) is 6.58. The number of nitrogens with zero attached hydrogens (tertiary/aromatic N) is 2. The molecule has 3 N–H and O–H groups in total. The molecule has 0 aliphatic rings. The lowest BCUT2D eigenvalue weighted by atomic mass is 10.0. The summed E-state index contributed by atoms with van der Waals surface area (Å²) in [6.45, 7) is 15.1. The van der Waals surface area contributed by atoms with Crippen LogP contribution in [0.3, 0.4) is 0 Å². The topological polar surface area (TPSA) is 73.6 Å². The average Bonchev–Trinajstić information content (AvgIpc) is 3.06. The zero-order chi connectivity index (χ0) is 19.0. The predicted octanol–water partition coefficient (Wildman–Crippen LogP) is 3.31. The maximum Gasteiger partial charge on any atom is 0.299 e. The van der Waals surface area contributed by atoms with Crippen molar-refractivity contribution in [3.63, 3.8) is 0 Å². The quantitative estimate of drug-likeness (QED) is 0.562. The van der Waals surface area contributed by atoms with Gasteiger partial charge in [-0.25, -0.2) is 4.98 Å². The molecule has 0 radical (unpaired) electrons. The Hall–Kier alpha value is -1.63. The predicted molar refractivity (Wildman–Crippen MR) is 104 cm³/mol. The highest BCUT2D eigenvalue weighted by molar-refractivity contribution is 5.41. The van der Waals surface area contributed by atoms with Gasteiger partial charge >= 0.3 is 0 Å². The first kappa shape index (κ1) is 21.4. The van der Waals surface area contributed by atoms with Gasteiger partial charge in [-0.15, -0.1) is 0 Å². The molecule has 6 heteroatoms. The van der Waals surface area contributed by atoms with Crippen LogP contribution in [0.2, 0.25) is 0 Å². The first-order valence-corrected chi connectivity index (χ1v) is 8.95. The van der Waals surface area contributed by atoms with Crippen molar-refractivity contribution < 1.29 is 9.52 Å². The monoisotopic (exact) mass is 350 g/mol. The van der Waals surface area contributed by atoms with E-state index < -0.39 is 6.10 Å². The normalized spacial score (nSPS) is 16.0. The second kappa shape index (κ2) is 10.4. The molecule has 25 heavy (non-hydrogen) atoms. The number of hydrogen-bond acceptors (Lipinski definition) is 6. The summed E-state index contributed by atoms with van der Waals surface area (Å²) in [6, 6.07) is 0.854. The molecule has 142 valence electrons. The summed E-state index contributed by atoms with van der Waals surface area (Å²) in [5, 5.41) is 16.0. The van der Waals surface area contributed by atoms with Gasteiger partial charge in [0.25, 0.3) is 6.01 Å². The fourth-order valence-corrected chi connectivity index (χ4v) is 2.48. The van der Waals surface area contributed by atoms with Crippen molar-refractivity contribution in [1.29, 1.82) is 0 Å². The third-order valence-corrected chi connectivity index (χ3v) is 4.49. The fourth-order valence-electron chi connectivity index (χ4n) is 2.48. The molecule has 1 aromatic rings. The number of likely N-dealkylation sites (N-methyl/N-ethyl adjacent to an activating group) is 2. The number of aliphatic hydroxyl groups is 1. The minimum Gasteiger partial charge on any atom is -0.426 e. The molecule has 0 bridgehead atoms. The van der Waals surface area contributed by atoms with E-state index in [0.29, 0.717) is 17.8 Å². The zero-order valence-electron chi connectivity index (χ0n) is 16.7. The Morgan fingerprint density at radius 1 is 1.40 bits per heavy atom. The number of nitrogens with one attached hydrogen (secondary N) is 2. The summed E-state index contributed by atoms with van der Waals surface area (Å²) in [5.41, 5.74) is 3.44. The first-order chi connectivity index (χ1) is 11.8. The molecule has 0 aliphatic heterocycles. The van der Waals surface area contributed by atoms with Crippen molar-refractivity contribution in [2.45, 2.75) is 53.7 Å². The summed E-state index contributed by atoms with van der Waals surface area (Å²) < 4.78 is 5.50. The highest BCUT2D eigenvalue weighted by Gasteiger charge is 2.13. The molecule has 0 unspecified atom stereocenters. The van der Waals surface area contributed by atoms with E-state index in [1.165, 1.54) is 11.1 Å². The first-order valence-electron chi connectivity index (χ1n) is 8.95. The fraction of sp³-hybridized carbons (Fsp3) is 0.632. The van der Waals surface area contributed by atoms with E-state index in [1.807, 2.05) is 14.0 Å². The molecule has 0 saturated carbocycles. The van der Waals surface area contributed by atoms with E-state index >= 15 is 0 Å². The largest absolute Gasteiger partial charge is 0.426 e. The van der Waals surface area contributed by atoms with E-state index in [1.54, 1.807) is 13.1 Å². The Labute approximate surface area is 152 Å². The second-order valence-corrected chi connectivity index (χ2v) is 6.45. The minimum atomic E-state index is -0.660. The van der Waals surface area contributed by atoms with Gasteiger partial charge in [0.05, 0.1) is 6.20 Å². The summed E-state index contributed by atoms with van der Waals surface area (Å²) in [6.07, 6.45) is 3.04. The SMILES string of the molecule is C/C=C(CN(CC)C[C@H](C)NC)\C(C)=C(/C)Nc1ncc([C@H](C)O)o1. The Morgan fingerprint density at radius 2 is 2.08 bits per heavy atom. The number of aliphatic hydroxyl groups excluding tert-OH is 1. The molecule has 1 aromatic heterocycles. The maximum absolute atomic E-state index is 9.53. The van der Waals surface area contributed by atoms with Gasteiger partial charge in [0.15, 0.2) is 5.76 Å². The lowest BCUT2D eigenvalue weighted by Crippen LogP contribution is -2.38. The standard InChI is InChI=1S/C19H34N4O2/c1-8-17(12-23(9-2)11-13(3)20-7)14(4)15(5)22-19-21-10-18(25-19)16(6)24/h8,10,13,16,20,24H,9,11-12H2,1-7H3,(H,21,22)/b15-14+,17-8-/t13-,16-/m0/s1. The van der Waals surface area contributed by atoms with Gasteiger partial charge in [-0.2, -0.15) is 0 Å². The summed E-state index contributed by atoms with van der Waals surface area (Å²) in [7, 11) is 1.99. The summed E-state index contributed by atoms with van der Waals surface area (Å²) in [5.74, 6) is 0.456. The van der Waals surface area contributed by atoms with Gasteiger partial charge in [-0.05, 0) is 59.4 Å². The Balaban J connectivity index is 2.83. The zero-order valence-corrected chi connectivity index (χ0v) is 16.7. The smallest absolute Gasteiger partial charge is 0.299 e. The molecule has 6 nitrogen and oxygen atoms in total. The number of anilines is 1. The third kappa shape index (κ3) is 6.65. The molecule has 0 aliphatic carbocycles. The van der Waals surface area contributed by atoms with Crippen LogP contribution in [0.15, 0.2) is 33.5 Å². The van der Waals surface area contributed by atoms with Crippen LogP contribution in [-0.2, 0) is 0 Å². The number of hydrogen-bond donors (Lipinski definition) is 3.